The van der Waals surface area contributed by atoms with Crippen LogP contribution < -0.4 is 10.9 Å². The predicted molar refractivity (Wildman–Crippen MR) is 90.7 cm³/mol. The number of hydrogen-bond donors (Lipinski definition) is 2. The average Bonchev–Trinajstić information content (AvgIpc) is 3.32. The van der Waals surface area contributed by atoms with Crippen LogP contribution in [-0.2, 0) is 7.05 Å². The summed E-state index contributed by atoms with van der Waals surface area (Å²) in [7, 11) is 1.88. The van der Waals surface area contributed by atoms with E-state index in [9.17, 15) is 14.0 Å². The number of carbonyl (C=O) groups is 1. The fourth-order valence-electron chi connectivity index (χ4n) is 3.14. The molecule has 6 nitrogen and oxygen atoms in total. The van der Waals surface area contributed by atoms with Crippen LogP contribution in [0, 0.1) is 11.7 Å². The molecule has 128 valence electrons. The minimum Gasteiger partial charge on any atom is -0.342 e. The van der Waals surface area contributed by atoms with Crippen molar-refractivity contribution in [2.75, 3.05) is 0 Å². The molecule has 0 spiro atoms. The number of nitrogens with zero attached hydrogens (tertiary/aromatic N) is 2. The van der Waals surface area contributed by atoms with Crippen LogP contribution in [0.15, 0.2) is 41.5 Å². The SMILES string of the molecule is Cn1ccnc1[C@@H](NC(=O)c1cc(=O)[nH]c2cc(F)ccc12)C1CC1. The van der Waals surface area contributed by atoms with Gasteiger partial charge >= 0.3 is 0 Å². The first-order valence-electron chi connectivity index (χ1n) is 8.13. The highest BCUT2D eigenvalue weighted by atomic mass is 19.1. The fraction of sp³-hybridized carbons (Fsp3) is 0.278. The number of rotatable bonds is 4. The molecule has 0 saturated heterocycles. The van der Waals surface area contributed by atoms with E-state index in [0.29, 0.717) is 16.8 Å². The molecule has 3 aromatic rings. The van der Waals surface area contributed by atoms with Crippen LogP contribution in [0.1, 0.15) is 35.1 Å². The van der Waals surface area contributed by atoms with Crippen LogP contribution in [0.3, 0.4) is 0 Å². The molecular weight excluding hydrogens is 323 g/mol. The lowest BCUT2D eigenvalue weighted by Gasteiger charge is -2.18. The highest BCUT2D eigenvalue weighted by Crippen LogP contribution is 2.40. The fourth-order valence-corrected chi connectivity index (χ4v) is 3.14. The summed E-state index contributed by atoms with van der Waals surface area (Å²) in [6, 6.07) is 5.03. The number of aromatic amines is 1. The minimum absolute atomic E-state index is 0.206. The lowest BCUT2D eigenvalue weighted by molar-refractivity contribution is 0.0930. The molecule has 0 aliphatic heterocycles. The Morgan fingerprint density at radius 1 is 1.40 bits per heavy atom. The Balaban J connectivity index is 1.72. The van der Waals surface area contributed by atoms with E-state index < -0.39 is 11.4 Å². The molecule has 1 amide bonds. The number of halogens is 1. The van der Waals surface area contributed by atoms with Gasteiger partial charge in [-0.25, -0.2) is 9.37 Å². The van der Waals surface area contributed by atoms with Crippen molar-refractivity contribution in [2.45, 2.75) is 18.9 Å². The Morgan fingerprint density at radius 2 is 2.20 bits per heavy atom. The van der Waals surface area contributed by atoms with Crippen molar-refractivity contribution in [3.05, 3.63) is 64.2 Å². The van der Waals surface area contributed by atoms with Crippen LogP contribution >= 0.6 is 0 Å². The molecule has 2 N–H and O–H groups in total. The highest BCUT2D eigenvalue weighted by Gasteiger charge is 2.36. The van der Waals surface area contributed by atoms with Crippen molar-refractivity contribution < 1.29 is 9.18 Å². The molecule has 1 saturated carbocycles. The zero-order valence-corrected chi connectivity index (χ0v) is 13.6. The molecule has 0 unspecified atom stereocenters. The Kier molecular flexibility index (Phi) is 3.63. The normalized spacial score (nSPS) is 15.3. The maximum atomic E-state index is 13.4. The van der Waals surface area contributed by atoms with Crippen LogP contribution in [-0.4, -0.2) is 20.4 Å². The van der Waals surface area contributed by atoms with Crippen LogP contribution in [0.2, 0.25) is 0 Å². The van der Waals surface area contributed by atoms with Crippen LogP contribution in [0.5, 0.6) is 0 Å². The van der Waals surface area contributed by atoms with E-state index in [0.717, 1.165) is 18.7 Å². The molecule has 7 heteroatoms. The summed E-state index contributed by atoms with van der Waals surface area (Å²) in [5.41, 5.74) is 0.0967. The number of benzene rings is 1. The van der Waals surface area contributed by atoms with Gasteiger partial charge in [0.05, 0.1) is 17.1 Å². The number of H-pyrrole nitrogens is 1. The van der Waals surface area contributed by atoms with E-state index in [1.165, 1.54) is 24.3 Å². The van der Waals surface area contributed by atoms with Gasteiger partial charge in [0.1, 0.15) is 11.6 Å². The van der Waals surface area contributed by atoms with Crippen molar-refractivity contribution >= 4 is 16.8 Å². The van der Waals surface area contributed by atoms with Gasteiger partial charge in [-0.2, -0.15) is 0 Å². The molecule has 1 atom stereocenters. The number of nitrogens with one attached hydrogen (secondary N) is 2. The zero-order valence-electron chi connectivity index (χ0n) is 13.6. The summed E-state index contributed by atoms with van der Waals surface area (Å²) in [6.07, 6.45) is 5.59. The summed E-state index contributed by atoms with van der Waals surface area (Å²) < 4.78 is 15.3. The highest BCUT2D eigenvalue weighted by molar-refractivity contribution is 6.06. The second-order valence-electron chi connectivity index (χ2n) is 6.42. The molecule has 4 rings (SSSR count). The molecule has 0 radical (unpaired) electrons. The molecule has 2 heterocycles. The van der Waals surface area contributed by atoms with Gasteiger partial charge in [0.15, 0.2) is 0 Å². The van der Waals surface area contributed by atoms with Gasteiger partial charge in [-0.3, -0.25) is 9.59 Å². The van der Waals surface area contributed by atoms with Crippen molar-refractivity contribution in [2.24, 2.45) is 13.0 Å². The smallest absolute Gasteiger partial charge is 0.252 e. The Bertz CT molecular complexity index is 1020. The van der Waals surface area contributed by atoms with Crippen molar-refractivity contribution in [1.82, 2.24) is 19.9 Å². The van der Waals surface area contributed by atoms with E-state index in [4.69, 9.17) is 0 Å². The molecule has 2 aromatic heterocycles. The van der Waals surface area contributed by atoms with Crippen molar-refractivity contribution in [3.63, 3.8) is 0 Å². The lowest BCUT2D eigenvalue weighted by atomic mass is 10.1. The van der Waals surface area contributed by atoms with Crippen LogP contribution in [0.4, 0.5) is 4.39 Å². The maximum absolute atomic E-state index is 13.4. The summed E-state index contributed by atoms with van der Waals surface area (Å²) in [5.74, 6) is 0.305. The maximum Gasteiger partial charge on any atom is 0.252 e. The third kappa shape index (κ3) is 2.93. The monoisotopic (exact) mass is 340 g/mol. The van der Waals surface area contributed by atoms with Gasteiger partial charge in [-0.1, -0.05) is 0 Å². The molecule has 25 heavy (non-hydrogen) atoms. The lowest BCUT2D eigenvalue weighted by Crippen LogP contribution is -2.32. The molecular formula is C18H17FN4O2. The number of pyridine rings is 1. The number of carbonyl (C=O) groups excluding carboxylic acids is 1. The number of fused-ring (bicyclic) bond motifs is 1. The predicted octanol–water partition coefficient (Wildman–Crippen LogP) is 2.28. The minimum atomic E-state index is -0.468. The zero-order chi connectivity index (χ0) is 17.6. The number of aryl methyl sites for hydroxylation is 1. The van der Waals surface area contributed by atoms with E-state index >= 15 is 0 Å². The molecule has 1 aliphatic carbocycles. The van der Waals surface area contributed by atoms with Gasteiger partial charge in [0, 0.05) is 30.9 Å². The molecule has 1 aliphatic rings. The van der Waals surface area contributed by atoms with E-state index in [-0.39, 0.29) is 17.5 Å². The second-order valence-corrected chi connectivity index (χ2v) is 6.42. The number of imidazole rings is 1. The average molecular weight is 340 g/mol. The summed E-state index contributed by atoms with van der Waals surface area (Å²) in [4.78, 5) is 31.6. The number of aromatic nitrogens is 3. The van der Waals surface area contributed by atoms with Gasteiger partial charge in [0.25, 0.3) is 5.91 Å². The Morgan fingerprint density at radius 3 is 2.88 bits per heavy atom. The number of amides is 1. The molecule has 0 bridgehead atoms. The molecule has 1 aromatic carbocycles. The van der Waals surface area contributed by atoms with Gasteiger partial charge in [-0.05, 0) is 37.0 Å². The summed E-state index contributed by atoms with van der Waals surface area (Å²) in [6.45, 7) is 0. The summed E-state index contributed by atoms with van der Waals surface area (Å²) in [5, 5.41) is 3.51. The van der Waals surface area contributed by atoms with E-state index in [1.807, 2.05) is 17.8 Å². The first-order valence-corrected chi connectivity index (χ1v) is 8.13. The number of hydrogen-bond acceptors (Lipinski definition) is 3. The van der Waals surface area contributed by atoms with Gasteiger partial charge in [0.2, 0.25) is 5.56 Å². The first kappa shape index (κ1) is 15.6. The van der Waals surface area contributed by atoms with Crippen molar-refractivity contribution in [3.8, 4) is 0 Å². The molecule has 1 fully saturated rings. The topological polar surface area (TPSA) is 79.8 Å². The van der Waals surface area contributed by atoms with Crippen molar-refractivity contribution in [1.29, 1.82) is 0 Å². The Labute approximate surface area is 142 Å². The van der Waals surface area contributed by atoms with E-state index in [2.05, 4.69) is 15.3 Å². The quantitative estimate of drug-likeness (QED) is 0.765. The van der Waals surface area contributed by atoms with Crippen LogP contribution in [0.25, 0.3) is 10.9 Å². The summed E-state index contributed by atoms with van der Waals surface area (Å²) >= 11 is 0. The third-order valence-electron chi connectivity index (χ3n) is 4.57. The third-order valence-corrected chi connectivity index (χ3v) is 4.57. The standard InChI is InChI=1S/C18H17FN4O2/c1-23-7-6-20-17(23)16(10-2-3-10)22-18(25)13-9-15(24)21-14-8-11(19)4-5-12(13)14/h4-10,16H,2-3H2,1H3,(H,21,24)(H,22,25)/t16-/m0/s1. The Hall–Kier alpha value is -2.96. The van der Waals surface area contributed by atoms with E-state index in [1.54, 1.807) is 6.20 Å². The second kappa shape index (κ2) is 5.84. The van der Waals surface area contributed by atoms with Gasteiger partial charge < -0.3 is 14.9 Å². The first-order chi connectivity index (χ1) is 12.0. The van der Waals surface area contributed by atoms with Gasteiger partial charge in [-0.15, -0.1) is 0 Å². The largest absolute Gasteiger partial charge is 0.342 e.